The molecular weight excluding hydrogens is 196 g/mol. The minimum absolute atomic E-state index is 0.434. The van der Waals surface area contributed by atoms with Crippen molar-refractivity contribution in [2.75, 3.05) is 0 Å². The average molecular weight is 220 g/mol. The standard InChI is InChI=1S/C15H24O/c1-3-4-5-6-7-8-10-14-11-9-12-15(16)13(14)2/h9,11-12,16H,3-8,10H2,1-2H3. The Morgan fingerprint density at radius 3 is 2.44 bits per heavy atom. The van der Waals surface area contributed by atoms with E-state index in [0.29, 0.717) is 5.75 Å². The summed E-state index contributed by atoms with van der Waals surface area (Å²) in [5, 5.41) is 9.57. The molecule has 0 saturated heterocycles. The molecule has 0 aliphatic rings. The molecule has 0 aromatic heterocycles. The summed E-state index contributed by atoms with van der Waals surface area (Å²) in [6.45, 7) is 4.25. The maximum atomic E-state index is 9.57. The highest BCUT2D eigenvalue weighted by molar-refractivity contribution is 5.37. The third-order valence-electron chi connectivity index (χ3n) is 3.22. The van der Waals surface area contributed by atoms with Gasteiger partial charge in [-0.05, 0) is 37.0 Å². The second-order valence-electron chi connectivity index (χ2n) is 4.58. The van der Waals surface area contributed by atoms with Gasteiger partial charge in [-0.3, -0.25) is 0 Å². The van der Waals surface area contributed by atoms with Crippen LogP contribution in [0.1, 0.15) is 56.6 Å². The third kappa shape index (κ3) is 4.26. The largest absolute Gasteiger partial charge is 0.508 e. The van der Waals surface area contributed by atoms with E-state index in [1.807, 2.05) is 13.0 Å². The lowest BCUT2D eigenvalue weighted by atomic mass is 10.0. The molecule has 0 amide bonds. The van der Waals surface area contributed by atoms with Crippen LogP contribution in [-0.2, 0) is 6.42 Å². The number of hydrogen-bond donors (Lipinski definition) is 1. The number of aromatic hydroxyl groups is 1. The zero-order valence-corrected chi connectivity index (χ0v) is 10.6. The Hall–Kier alpha value is -0.980. The molecule has 0 aliphatic carbocycles. The van der Waals surface area contributed by atoms with Crippen LogP contribution >= 0.6 is 0 Å². The van der Waals surface area contributed by atoms with Gasteiger partial charge in [0.15, 0.2) is 0 Å². The first-order chi connectivity index (χ1) is 7.75. The highest BCUT2D eigenvalue weighted by Crippen LogP contribution is 2.21. The lowest BCUT2D eigenvalue weighted by Gasteiger charge is -2.07. The Morgan fingerprint density at radius 1 is 1.00 bits per heavy atom. The molecule has 1 aromatic carbocycles. The summed E-state index contributed by atoms with van der Waals surface area (Å²) in [4.78, 5) is 0. The van der Waals surface area contributed by atoms with Crippen molar-refractivity contribution in [1.82, 2.24) is 0 Å². The molecule has 0 atom stereocenters. The third-order valence-corrected chi connectivity index (χ3v) is 3.22. The minimum atomic E-state index is 0.434. The van der Waals surface area contributed by atoms with Crippen LogP contribution in [0.5, 0.6) is 5.75 Å². The summed E-state index contributed by atoms with van der Waals surface area (Å²) in [5.74, 6) is 0.434. The van der Waals surface area contributed by atoms with Crippen LogP contribution in [-0.4, -0.2) is 5.11 Å². The van der Waals surface area contributed by atoms with E-state index in [0.717, 1.165) is 12.0 Å². The smallest absolute Gasteiger partial charge is 0.118 e. The van der Waals surface area contributed by atoms with Crippen LogP contribution in [0.3, 0.4) is 0 Å². The molecule has 1 aromatic rings. The highest BCUT2D eigenvalue weighted by atomic mass is 16.3. The van der Waals surface area contributed by atoms with Gasteiger partial charge in [-0.2, -0.15) is 0 Å². The van der Waals surface area contributed by atoms with Crippen LogP contribution in [0, 0.1) is 6.92 Å². The van der Waals surface area contributed by atoms with Crippen molar-refractivity contribution in [3.8, 4) is 5.75 Å². The number of phenolic OH excluding ortho intramolecular Hbond substituents is 1. The van der Waals surface area contributed by atoms with E-state index in [1.54, 1.807) is 6.07 Å². The van der Waals surface area contributed by atoms with Crippen molar-refractivity contribution in [2.45, 2.75) is 58.8 Å². The van der Waals surface area contributed by atoms with Gasteiger partial charge >= 0.3 is 0 Å². The summed E-state index contributed by atoms with van der Waals surface area (Å²) in [6, 6.07) is 5.83. The van der Waals surface area contributed by atoms with Crippen molar-refractivity contribution in [2.24, 2.45) is 0 Å². The zero-order chi connectivity index (χ0) is 11.8. The van der Waals surface area contributed by atoms with Gasteiger partial charge in [0.2, 0.25) is 0 Å². The summed E-state index contributed by atoms with van der Waals surface area (Å²) in [7, 11) is 0. The predicted octanol–water partition coefficient (Wildman–Crippen LogP) is 4.60. The minimum Gasteiger partial charge on any atom is -0.508 e. The summed E-state index contributed by atoms with van der Waals surface area (Å²) in [6.07, 6.45) is 9.06. The first-order valence-corrected chi connectivity index (χ1v) is 6.53. The van der Waals surface area contributed by atoms with Gasteiger partial charge in [-0.25, -0.2) is 0 Å². The lowest BCUT2D eigenvalue weighted by Crippen LogP contribution is -1.90. The van der Waals surface area contributed by atoms with Crippen LogP contribution in [0.25, 0.3) is 0 Å². The number of phenols is 1. The first kappa shape index (κ1) is 13.1. The maximum absolute atomic E-state index is 9.57. The molecule has 1 nitrogen and oxygen atoms in total. The van der Waals surface area contributed by atoms with Gasteiger partial charge < -0.3 is 5.11 Å². The Balaban J connectivity index is 2.24. The van der Waals surface area contributed by atoms with Crippen molar-refractivity contribution in [3.05, 3.63) is 29.3 Å². The molecule has 0 aliphatic heterocycles. The van der Waals surface area contributed by atoms with E-state index < -0.39 is 0 Å². The first-order valence-electron chi connectivity index (χ1n) is 6.53. The molecule has 0 fully saturated rings. The fourth-order valence-corrected chi connectivity index (χ4v) is 2.04. The highest BCUT2D eigenvalue weighted by Gasteiger charge is 2.01. The van der Waals surface area contributed by atoms with Crippen molar-refractivity contribution in [3.63, 3.8) is 0 Å². The molecule has 1 heteroatoms. The van der Waals surface area contributed by atoms with Crippen LogP contribution in [0.15, 0.2) is 18.2 Å². The summed E-state index contributed by atoms with van der Waals surface area (Å²) >= 11 is 0. The lowest BCUT2D eigenvalue weighted by molar-refractivity contribution is 0.469. The number of rotatable bonds is 7. The van der Waals surface area contributed by atoms with Crippen molar-refractivity contribution in [1.29, 1.82) is 0 Å². The van der Waals surface area contributed by atoms with E-state index in [9.17, 15) is 5.11 Å². The normalized spacial score (nSPS) is 10.6. The maximum Gasteiger partial charge on any atom is 0.118 e. The quantitative estimate of drug-likeness (QED) is 0.666. The molecule has 90 valence electrons. The van der Waals surface area contributed by atoms with Crippen LogP contribution in [0.4, 0.5) is 0 Å². The Bertz CT molecular complexity index is 304. The number of aryl methyl sites for hydroxylation is 1. The van der Waals surface area contributed by atoms with Crippen molar-refractivity contribution < 1.29 is 5.11 Å². The molecule has 1 rings (SSSR count). The molecule has 0 saturated carbocycles. The molecular formula is C15H24O. The number of hydrogen-bond acceptors (Lipinski definition) is 1. The Kier molecular flexibility index (Phi) is 5.99. The van der Waals surface area contributed by atoms with Gasteiger partial charge in [0, 0.05) is 0 Å². The number of benzene rings is 1. The summed E-state index contributed by atoms with van der Waals surface area (Å²) in [5.41, 5.74) is 2.35. The van der Waals surface area contributed by atoms with Gasteiger partial charge in [0.05, 0.1) is 0 Å². The topological polar surface area (TPSA) is 20.2 Å². The number of unbranched alkanes of at least 4 members (excludes halogenated alkanes) is 5. The molecule has 0 radical (unpaired) electrons. The Morgan fingerprint density at radius 2 is 1.69 bits per heavy atom. The average Bonchev–Trinajstić information content (AvgIpc) is 2.29. The summed E-state index contributed by atoms with van der Waals surface area (Å²) < 4.78 is 0. The molecule has 0 bridgehead atoms. The van der Waals surface area contributed by atoms with E-state index in [4.69, 9.17) is 0 Å². The molecule has 0 unspecified atom stereocenters. The van der Waals surface area contributed by atoms with E-state index >= 15 is 0 Å². The van der Waals surface area contributed by atoms with E-state index in [1.165, 1.54) is 44.1 Å². The van der Waals surface area contributed by atoms with Gasteiger partial charge in [0.25, 0.3) is 0 Å². The predicted molar refractivity (Wildman–Crippen MR) is 69.9 cm³/mol. The second kappa shape index (κ2) is 7.32. The van der Waals surface area contributed by atoms with E-state index in [-0.39, 0.29) is 0 Å². The van der Waals surface area contributed by atoms with Crippen LogP contribution < -0.4 is 0 Å². The molecule has 0 spiro atoms. The molecule has 1 N–H and O–H groups in total. The van der Waals surface area contributed by atoms with Crippen LogP contribution in [0.2, 0.25) is 0 Å². The van der Waals surface area contributed by atoms with Gasteiger partial charge in [-0.15, -0.1) is 0 Å². The Labute approximate surface area is 99.5 Å². The van der Waals surface area contributed by atoms with Gasteiger partial charge in [-0.1, -0.05) is 51.2 Å². The molecule has 0 heterocycles. The zero-order valence-electron chi connectivity index (χ0n) is 10.6. The van der Waals surface area contributed by atoms with Crippen molar-refractivity contribution >= 4 is 0 Å². The fraction of sp³-hybridized carbons (Fsp3) is 0.600. The van der Waals surface area contributed by atoms with E-state index in [2.05, 4.69) is 13.0 Å². The second-order valence-corrected chi connectivity index (χ2v) is 4.58. The monoisotopic (exact) mass is 220 g/mol. The SMILES string of the molecule is CCCCCCCCc1cccc(O)c1C. The van der Waals surface area contributed by atoms with Gasteiger partial charge in [0.1, 0.15) is 5.75 Å². The fourth-order valence-electron chi connectivity index (χ4n) is 2.04. The molecule has 16 heavy (non-hydrogen) atoms.